The number of amides is 1. The van der Waals surface area contributed by atoms with Gasteiger partial charge in [-0.25, -0.2) is 14.4 Å². The van der Waals surface area contributed by atoms with E-state index in [2.05, 4.69) is 47.8 Å². The van der Waals surface area contributed by atoms with E-state index in [1.54, 1.807) is 12.3 Å². The van der Waals surface area contributed by atoms with E-state index in [1.165, 1.54) is 17.7 Å². The van der Waals surface area contributed by atoms with Crippen molar-refractivity contribution in [3.8, 4) is 0 Å². The summed E-state index contributed by atoms with van der Waals surface area (Å²) >= 11 is 0. The molecule has 0 radical (unpaired) electrons. The van der Waals surface area contributed by atoms with Gasteiger partial charge in [-0.2, -0.15) is 0 Å². The molecule has 0 aliphatic carbocycles. The molecular weight excluding hydrogens is 453 g/mol. The summed E-state index contributed by atoms with van der Waals surface area (Å²) in [6.45, 7) is 7.81. The Balaban J connectivity index is 1.39. The molecule has 6 rings (SSSR count). The molecule has 0 saturated carbocycles. The zero-order valence-corrected chi connectivity index (χ0v) is 20.7. The first-order chi connectivity index (χ1) is 17.3. The largest absolute Gasteiger partial charge is 0.332 e. The van der Waals surface area contributed by atoms with Gasteiger partial charge in [0.1, 0.15) is 22.9 Å². The van der Waals surface area contributed by atoms with Gasteiger partial charge in [-0.1, -0.05) is 39.0 Å². The number of imidazole rings is 1. The van der Waals surface area contributed by atoms with Gasteiger partial charge < -0.3 is 14.5 Å². The predicted molar refractivity (Wildman–Crippen MR) is 140 cm³/mol. The number of carbonyl (C=O) groups is 1. The van der Waals surface area contributed by atoms with Crippen LogP contribution in [0, 0.1) is 5.82 Å². The maximum Gasteiger partial charge on any atom is 0.272 e. The van der Waals surface area contributed by atoms with Crippen LogP contribution >= 0.6 is 0 Å². The van der Waals surface area contributed by atoms with Gasteiger partial charge in [-0.05, 0) is 59.4 Å². The van der Waals surface area contributed by atoms with Crippen molar-refractivity contribution < 1.29 is 9.18 Å². The molecule has 0 saturated heterocycles. The smallest absolute Gasteiger partial charge is 0.272 e. The Labute approximate surface area is 208 Å². The third-order valence-corrected chi connectivity index (χ3v) is 6.93. The number of nitrogens with zero attached hydrogens (tertiary/aromatic N) is 4. The van der Waals surface area contributed by atoms with E-state index in [0.717, 1.165) is 52.8 Å². The molecule has 2 aromatic carbocycles. The highest BCUT2D eigenvalue weighted by Gasteiger charge is 2.21. The SMILES string of the molecule is CC(C)(C)c1ccc2c(c1)cc(C(=O)Nc1cnc3c(c1)nc1n3CCC1)n2Cc1cccc(F)c1. The lowest BCUT2D eigenvalue weighted by atomic mass is 9.86. The van der Waals surface area contributed by atoms with Gasteiger partial charge in [0.25, 0.3) is 5.91 Å². The number of benzene rings is 2. The number of rotatable bonds is 4. The molecule has 1 amide bonds. The zero-order valence-electron chi connectivity index (χ0n) is 20.7. The Bertz CT molecular complexity index is 1640. The highest BCUT2D eigenvalue weighted by Crippen LogP contribution is 2.30. The summed E-state index contributed by atoms with van der Waals surface area (Å²) in [5, 5.41) is 3.99. The fraction of sp³-hybridized carbons (Fsp3) is 0.276. The molecule has 1 aliphatic rings. The summed E-state index contributed by atoms with van der Waals surface area (Å²) in [4.78, 5) is 22.8. The number of anilines is 1. The minimum Gasteiger partial charge on any atom is -0.332 e. The zero-order chi connectivity index (χ0) is 25.0. The molecule has 3 aromatic heterocycles. The average molecular weight is 482 g/mol. The second-order valence-electron chi connectivity index (χ2n) is 10.6. The van der Waals surface area contributed by atoms with E-state index in [-0.39, 0.29) is 17.1 Å². The number of pyridine rings is 1. The summed E-state index contributed by atoms with van der Waals surface area (Å²) in [6.07, 6.45) is 3.73. The number of aromatic nitrogens is 4. The first kappa shape index (κ1) is 22.5. The van der Waals surface area contributed by atoms with E-state index in [1.807, 2.05) is 28.8 Å². The summed E-state index contributed by atoms with van der Waals surface area (Å²) in [6, 6.07) is 16.6. The fourth-order valence-electron chi connectivity index (χ4n) is 5.06. The molecule has 5 aromatic rings. The van der Waals surface area contributed by atoms with Crippen LogP contribution in [-0.4, -0.2) is 25.0 Å². The van der Waals surface area contributed by atoms with Crippen LogP contribution in [0.3, 0.4) is 0 Å². The molecule has 0 unspecified atom stereocenters. The number of aryl methyl sites for hydroxylation is 2. The van der Waals surface area contributed by atoms with Gasteiger partial charge in [0, 0.05) is 30.4 Å². The molecule has 6 nitrogen and oxygen atoms in total. The number of carbonyl (C=O) groups excluding carboxylic acids is 1. The quantitative estimate of drug-likeness (QED) is 0.339. The van der Waals surface area contributed by atoms with Crippen molar-refractivity contribution in [2.45, 2.75) is 52.1 Å². The van der Waals surface area contributed by atoms with Crippen molar-refractivity contribution in [1.29, 1.82) is 0 Å². The normalized spacial score (nSPS) is 13.4. The van der Waals surface area contributed by atoms with Crippen LogP contribution in [0.5, 0.6) is 0 Å². The lowest BCUT2D eigenvalue weighted by Gasteiger charge is -2.19. The van der Waals surface area contributed by atoms with Crippen LogP contribution in [-0.2, 0) is 24.9 Å². The van der Waals surface area contributed by atoms with E-state index in [0.29, 0.717) is 17.9 Å². The van der Waals surface area contributed by atoms with Crippen LogP contribution < -0.4 is 5.32 Å². The summed E-state index contributed by atoms with van der Waals surface area (Å²) < 4.78 is 18.0. The maximum absolute atomic E-state index is 13.9. The van der Waals surface area contributed by atoms with Crippen LogP contribution in [0.1, 0.15) is 54.6 Å². The average Bonchev–Trinajstić information content (AvgIpc) is 3.51. The minimum absolute atomic E-state index is 0.0206. The lowest BCUT2D eigenvalue weighted by molar-refractivity contribution is 0.101. The third-order valence-electron chi connectivity index (χ3n) is 6.93. The standard InChI is InChI=1S/C29H28FN5O/c1-29(2,3)20-9-10-24-19(13-20)14-25(35(24)17-18-6-4-7-21(30)12-18)28(36)32-22-15-23-27(31-16-22)34-11-5-8-26(34)33-23/h4,6-7,9-10,12-16H,5,8,11,17H2,1-3H3,(H,32,36). The van der Waals surface area contributed by atoms with Gasteiger partial charge in [0.05, 0.1) is 11.9 Å². The van der Waals surface area contributed by atoms with Gasteiger partial charge >= 0.3 is 0 Å². The molecule has 36 heavy (non-hydrogen) atoms. The van der Waals surface area contributed by atoms with Crippen molar-refractivity contribution in [2.24, 2.45) is 0 Å². The van der Waals surface area contributed by atoms with Gasteiger partial charge in [-0.3, -0.25) is 4.79 Å². The van der Waals surface area contributed by atoms with Gasteiger partial charge in [-0.15, -0.1) is 0 Å². The number of nitrogens with one attached hydrogen (secondary N) is 1. The second kappa shape index (κ2) is 8.29. The highest BCUT2D eigenvalue weighted by molar-refractivity contribution is 6.07. The van der Waals surface area contributed by atoms with Crippen molar-refractivity contribution in [3.05, 3.63) is 89.3 Å². The molecule has 0 spiro atoms. The fourth-order valence-corrected chi connectivity index (χ4v) is 5.06. The Morgan fingerprint density at radius 2 is 1.97 bits per heavy atom. The number of hydrogen-bond acceptors (Lipinski definition) is 3. The Hall–Kier alpha value is -4.00. The van der Waals surface area contributed by atoms with E-state index in [9.17, 15) is 9.18 Å². The van der Waals surface area contributed by atoms with E-state index < -0.39 is 0 Å². The summed E-state index contributed by atoms with van der Waals surface area (Å²) in [5.41, 5.74) is 5.64. The molecule has 0 bridgehead atoms. The summed E-state index contributed by atoms with van der Waals surface area (Å²) in [5.74, 6) is 0.509. The van der Waals surface area contributed by atoms with Crippen molar-refractivity contribution in [1.82, 2.24) is 19.1 Å². The van der Waals surface area contributed by atoms with E-state index in [4.69, 9.17) is 4.98 Å². The van der Waals surface area contributed by atoms with E-state index >= 15 is 0 Å². The molecule has 4 heterocycles. The lowest BCUT2D eigenvalue weighted by Crippen LogP contribution is -2.17. The monoisotopic (exact) mass is 481 g/mol. The molecule has 0 fully saturated rings. The maximum atomic E-state index is 13.9. The van der Waals surface area contributed by atoms with Crippen LogP contribution in [0.25, 0.3) is 22.1 Å². The number of halogens is 1. The first-order valence-electron chi connectivity index (χ1n) is 12.3. The van der Waals surface area contributed by atoms with Gasteiger partial charge in [0.15, 0.2) is 5.65 Å². The molecule has 1 N–H and O–H groups in total. The van der Waals surface area contributed by atoms with Crippen LogP contribution in [0.15, 0.2) is 60.8 Å². The van der Waals surface area contributed by atoms with Crippen molar-refractivity contribution >= 4 is 33.7 Å². The molecule has 0 atom stereocenters. The van der Waals surface area contributed by atoms with Crippen LogP contribution in [0.2, 0.25) is 0 Å². The Kier molecular flexibility index (Phi) is 5.18. The highest BCUT2D eigenvalue weighted by atomic mass is 19.1. The number of fused-ring (bicyclic) bond motifs is 4. The van der Waals surface area contributed by atoms with Crippen molar-refractivity contribution in [2.75, 3.05) is 5.32 Å². The Morgan fingerprint density at radius 1 is 1.11 bits per heavy atom. The topological polar surface area (TPSA) is 64.7 Å². The second-order valence-corrected chi connectivity index (χ2v) is 10.6. The number of hydrogen-bond donors (Lipinski definition) is 1. The minimum atomic E-state index is -0.295. The molecule has 182 valence electrons. The molecular formula is C29H28FN5O. The summed E-state index contributed by atoms with van der Waals surface area (Å²) in [7, 11) is 0. The molecule has 1 aliphatic heterocycles. The Morgan fingerprint density at radius 3 is 2.78 bits per heavy atom. The predicted octanol–water partition coefficient (Wildman–Crippen LogP) is 6.07. The van der Waals surface area contributed by atoms with Crippen LogP contribution in [0.4, 0.5) is 10.1 Å². The van der Waals surface area contributed by atoms with Crippen molar-refractivity contribution in [3.63, 3.8) is 0 Å². The first-order valence-corrected chi connectivity index (χ1v) is 12.3. The van der Waals surface area contributed by atoms with Gasteiger partial charge in [0.2, 0.25) is 0 Å². The molecule has 7 heteroatoms. The third kappa shape index (κ3) is 3.94.